The van der Waals surface area contributed by atoms with E-state index in [1.165, 1.54) is 4.90 Å². The Labute approximate surface area is 130 Å². The van der Waals surface area contributed by atoms with Crippen LogP contribution in [-0.2, 0) is 16.1 Å². The van der Waals surface area contributed by atoms with Gasteiger partial charge < -0.3 is 4.90 Å². The lowest BCUT2D eigenvalue weighted by Gasteiger charge is -2.29. The van der Waals surface area contributed by atoms with Crippen molar-refractivity contribution in [3.8, 4) is 11.8 Å². The summed E-state index contributed by atoms with van der Waals surface area (Å²) in [5.41, 5.74) is 2.14. The van der Waals surface area contributed by atoms with Gasteiger partial charge in [-0.15, -0.1) is 0 Å². The first-order chi connectivity index (χ1) is 11.1. The number of amides is 3. The molecule has 1 fully saturated rings. The first-order valence-corrected chi connectivity index (χ1v) is 7.16. The van der Waals surface area contributed by atoms with Gasteiger partial charge >= 0.3 is 0 Å². The van der Waals surface area contributed by atoms with Crippen LogP contribution in [0.1, 0.15) is 49.0 Å². The van der Waals surface area contributed by atoms with E-state index in [-0.39, 0.29) is 25.1 Å². The third-order valence-electron chi connectivity index (χ3n) is 3.93. The highest BCUT2D eigenvalue weighted by Crippen LogP contribution is 2.29. The van der Waals surface area contributed by atoms with Crippen LogP contribution in [0.5, 0.6) is 0 Å². The summed E-state index contributed by atoms with van der Waals surface area (Å²) in [5.74, 6) is 5.02. The molecule has 1 aromatic carbocycles. The summed E-state index contributed by atoms with van der Waals surface area (Å²) in [5, 5.41) is 2.29. The van der Waals surface area contributed by atoms with Crippen molar-refractivity contribution >= 4 is 17.7 Å². The second-order valence-corrected chi connectivity index (χ2v) is 5.28. The lowest BCUT2D eigenvalue weighted by Crippen LogP contribution is -2.52. The summed E-state index contributed by atoms with van der Waals surface area (Å²) in [7, 11) is 0. The number of hydrogen-bond donors (Lipinski definition) is 1. The highest BCUT2D eigenvalue weighted by molar-refractivity contribution is 6.05. The quantitative estimate of drug-likeness (QED) is 0.626. The second-order valence-electron chi connectivity index (χ2n) is 5.28. The summed E-state index contributed by atoms with van der Waals surface area (Å²) < 4.78 is 7.12. The largest absolute Gasteiger partial charge is 0.322 e. The van der Waals surface area contributed by atoms with Crippen LogP contribution < -0.4 is 5.32 Å². The van der Waals surface area contributed by atoms with E-state index in [1.807, 2.05) is 6.07 Å². The number of nitrogens with one attached hydrogen (secondary N) is 1. The maximum absolute atomic E-state index is 12.6. The Morgan fingerprint density at radius 3 is 3.05 bits per heavy atom. The van der Waals surface area contributed by atoms with Crippen LogP contribution >= 0.6 is 0 Å². The molecule has 112 valence electrons. The maximum Gasteiger partial charge on any atom is 0.255 e. The predicted octanol–water partition coefficient (Wildman–Crippen LogP) is 1.21. The summed E-state index contributed by atoms with van der Waals surface area (Å²) >= 11 is 0. The van der Waals surface area contributed by atoms with Crippen LogP contribution in [0.3, 0.4) is 0 Å². The van der Waals surface area contributed by atoms with Gasteiger partial charge in [-0.1, -0.05) is 24.8 Å². The molecule has 5 nitrogen and oxygen atoms in total. The number of carbonyl (C=O) groups is 3. The molecule has 5 heteroatoms. The van der Waals surface area contributed by atoms with Crippen molar-refractivity contribution in [2.24, 2.45) is 0 Å². The Bertz CT molecular complexity index is 748. The molecule has 1 atom stereocenters. The average Bonchev–Trinajstić information content (AvgIpc) is 2.86. The van der Waals surface area contributed by atoms with Crippen molar-refractivity contribution in [2.45, 2.75) is 38.7 Å². The minimum absolute atomic E-state index is 0.196. The zero-order chi connectivity index (χ0) is 16.4. The van der Waals surface area contributed by atoms with E-state index in [0.29, 0.717) is 24.9 Å². The van der Waals surface area contributed by atoms with Gasteiger partial charge in [0.05, 0.1) is 0 Å². The van der Waals surface area contributed by atoms with Gasteiger partial charge in [-0.25, -0.2) is 0 Å². The Morgan fingerprint density at radius 1 is 1.41 bits per heavy atom. The third kappa shape index (κ3) is 2.37. The number of fused-ring (bicyclic) bond motifs is 1. The molecule has 1 unspecified atom stereocenters. The molecule has 1 aromatic rings. The number of benzene rings is 1. The van der Waals surface area contributed by atoms with E-state index in [2.05, 4.69) is 17.2 Å². The standard InChI is InChI=1S/C17H16N2O3/c1-2-3-5-11-6-4-7-12-13(11)10-19(17(12)22)14-8-9-15(20)18-16(14)21/h4,6-7,14H,2,8-10H2,1H3,(H,18,20,21)/i1D. The number of nitrogens with zero attached hydrogens (tertiary/aromatic N) is 1. The van der Waals surface area contributed by atoms with Gasteiger partial charge in [0.25, 0.3) is 5.91 Å². The molecule has 0 spiro atoms. The number of hydrogen-bond acceptors (Lipinski definition) is 3. The molecule has 3 rings (SSSR count). The van der Waals surface area contributed by atoms with Gasteiger partial charge in [0.1, 0.15) is 6.04 Å². The zero-order valence-electron chi connectivity index (χ0n) is 13.0. The highest BCUT2D eigenvalue weighted by atomic mass is 16.2. The molecular formula is C17H16N2O3. The van der Waals surface area contributed by atoms with Crippen LogP contribution in [-0.4, -0.2) is 28.7 Å². The SMILES string of the molecule is [2H]CCC#Cc1cccc2c1CN(C1CCC(=O)NC1=O)C2=O. The van der Waals surface area contributed by atoms with Crippen molar-refractivity contribution in [3.05, 3.63) is 34.9 Å². The maximum atomic E-state index is 12.6. The first-order valence-electron chi connectivity index (χ1n) is 7.87. The van der Waals surface area contributed by atoms with Gasteiger partial charge in [0, 0.05) is 31.9 Å². The number of imide groups is 1. The van der Waals surface area contributed by atoms with Gasteiger partial charge in [0.15, 0.2) is 0 Å². The number of rotatable bonds is 1. The lowest BCUT2D eigenvalue weighted by atomic mass is 10.0. The van der Waals surface area contributed by atoms with Crippen LogP contribution in [0.4, 0.5) is 0 Å². The molecule has 22 heavy (non-hydrogen) atoms. The minimum Gasteiger partial charge on any atom is -0.322 e. The fourth-order valence-corrected chi connectivity index (χ4v) is 2.86. The fourth-order valence-electron chi connectivity index (χ4n) is 2.86. The van der Waals surface area contributed by atoms with Crippen LogP contribution in [0.25, 0.3) is 0 Å². The molecule has 1 N–H and O–H groups in total. The lowest BCUT2D eigenvalue weighted by molar-refractivity contribution is -0.136. The van der Waals surface area contributed by atoms with Crippen LogP contribution in [0.15, 0.2) is 18.2 Å². The normalized spacial score (nSPS) is 20.9. The van der Waals surface area contributed by atoms with Crippen molar-refractivity contribution in [1.29, 1.82) is 0 Å². The van der Waals surface area contributed by atoms with Crippen molar-refractivity contribution in [2.75, 3.05) is 0 Å². The van der Waals surface area contributed by atoms with Gasteiger partial charge in [-0.05, 0) is 24.1 Å². The van der Waals surface area contributed by atoms with E-state index in [4.69, 9.17) is 1.37 Å². The molecule has 0 radical (unpaired) electrons. The predicted molar refractivity (Wildman–Crippen MR) is 79.7 cm³/mol. The average molecular weight is 297 g/mol. The van der Waals surface area contributed by atoms with E-state index >= 15 is 0 Å². The number of carbonyl (C=O) groups excluding carboxylic acids is 3. The third-order valence-corrected chi connectivity index (χ3v) is 3.93. The fraction of sp³-hybridized carbons (Fsp3) is 0.353. The van der Waals surface area contributed by atoms with E-state index < -0.39 is 11.9 Å². The summed E-state index contributed by atoms with van der Waals surface area (Å²) in [4.78, 5) is 37.4. The van der Waals surface area contributed by atoms with Gasteiger partial charge in [-0.2, -0.15) is 0 Å². The van der Waals surface area contributed by atoms with Gasteiger partial charge in [0.2, 0.25) is 11.8 Å². The molecule has 0 aliphatic carbocycles. The summed E-state index contributed by atoms with van der Waals surface area (Å²) in [6, 6.07) is 4.74. The summed E-state index contributed by atoms with van der Waals surface area (Å²) in [6.07, 6.45) is 1.07. The van der Waals surface area contributed by atoms with Crippen molar-refractivity contribution in [1.82, 2.24) is 10.2 Å². The first kappa shape index (κ1) is 13.1. The Hall–Kier alpha value is -2.61. The molecule has 3 amide bonds. The Kier molecular flexibility index (Phi) is 3.36. The second kappa shape index (κ2) is 5.64. The van der Waals surface area contributed by atoms with E-state index in [9.17, 15) is 14.4 Å². The van der Waals surface area contributed by atoms with Crippen molar-refractivity contribution < 1.29 is 15.8 Å². The highest BCUT2D eigenvalue weighted by Gasteiger charge is 2.39. The molecule has 2 aliphatic rings. The smallest absolute Gasteiger partial charge is 0.255 e. The minimum atomic E-state index is -0.610. The molecule has 2 heterocycles. The van der Waals surface area contributed by atoms with Crippen LogP contribution in [0.2, 0.25) is 0 Å². The molecular weight excluding hydrogens is 280 g/mol. The van der Waals surface area contributed by atoms with Gasteiger partial charge in [-0.3, -0.25) is 19.7 Å². The molecule has 1 saturated heterocycles. The molecule has 0 saturated carbocycles. The molecule has 2 aliphatic heterocycles. The summed E-state index contributed by atoms with van der Waals surface area (Å²) in [6.45, 7) is 0.565. The topological polar surface area (TPSA) is 66.5 Å². The van der Waals surface area contributed by atoms with E-state index in [0.717, 1.165) is 11.1 Å². The Balaban J connectivity index is 1.87. The number of piperidine rings is 1. The molecule has 0 bridgehead atoms. The van der Waals surface area contributed by atoms with Crippen LogP contribution in [0, 0.1) is 11.8 Å². The van der Waals surface area contributed by atoms with Crippen molar-refractivity contribution in [3.63, 3.8) is 0 Å². The monoisotopic (exact) mass is 297 g/mol. The molecule has 0 aromatic heterocycles. The Morgan fingerprint density at radius 2 is 2.27 bits per heavy atom. The van der Waals surface area contributed by atoms with E-state index in [1.54, 1.807) is 12.1 Å². The zero-order valence-corrected chi connectivity index (χ0v) is 12.0.